The molecule has 28 heavy (non-hydrogen) atoms. The number of aliphatic hydroxyl groups is 1. The molecule has 0 radical (unpaired) electrons. The molecule has 1 amide bonds. The number of hydrogen-bond donors (Lipinski definition) is 1. The standard InChI is InChI=1S/C22H22FNO4/c1-14-4-6-16(7-5-14)20(25)18-19(15-8-10-17(23)11-9-15)24(12-3-13-28-2)22(27)21(18)26/h4-11,19,25H,3,12-13H2,1-2H3/t19-/m1/s1. The Balaban J connectivity index is 2.10. The number of benzene rings is 2. The number of rotatable bonds is 6. The second-order valence-corrected chi connectivity index (χ2v) is 6.76. The molecule has 1 aliphatic rings. The van der Waals surface area contributed by atoms with Gasteiger partial charge in [-0.25, -0.2) is 4.39 Å². The molecule has 0 aliphatic carbocycles. The summed E-state index contributed by atoms with van der Waals surface area (Å²) in [6.45, 7) is 2.62. The molecule has 0 unspecified atom stereocenters. The second kappa shape index (κ2) is 8.35. The Bertz CT molecular complexity index is 903. The fourth-order valence-corrected chi connectivity index (χ4v) is 3.35. The van der Waals surface area contributed by atoms with Gasteiger partial charge in [-0.3, -0.25) is 9.59 Å². The molecule has 2 aromatic carbocycles. The van der Waals surface area contributed by atoms with Gasteiger partial charge in [-0.05, 0) is 31.0 Å². The van der Waals surface area contributed by atoms with Gasteiger partial charge in [0, 0.05) is 25.8 Å². The lowest BCUT2D eigenvalue weighted by Crippen LogP contribution is -2.31. The summed E-state index contributed by atoms with van der Waals surface area (Å²) < 4.78 is 18.4. The van der Waals surface area contributed by atoms with E-state index in [1.54, 1.807) is 19.2 Å². The first kappa shape index (κ1) is 19.8. The highest BCUT2D eigenvalue weighted by Crippen LogP contribution is 2.39. The fourth-order valence-electron chi connectivity index (χ4n) is 3.35. The van der Waals surface area contributed by atoms with Crippen LogP contribution in [0.2, 0.25) is 0 Å². The van der Waals surface area contributed by atoms with E-state index < -0.39 is 23.5 Å². The minimum atomic E-state index is -0.779. The molecule has 1 atom stereocenters. The van der Waals surface area contributed by atoms with E-state index in [1.165, 1.54) is 29.2 Å². The van der Waals surface area contributed by atoms with E-state index in [0.717, 1.165) is 5.56 Å². The van der Waals surface area contributed by atoms with Gasteiger partial charge in [-0.15, -0.1) is 0 Å². The number of ether oxygens (including phenoxy) is 1. The van der Waals surface area contributed by atoms with Gasteiger partial charge in [0.1, 0.15) is 11.6 Å². The van der Waals surface area contributed by atoms with Gasteiger partial charge in [0.25, 0.3) is 11.7 Å². The van der Waals surface area contributed by atoms with Crippen molar-refractivity contribution >= 4 is 17.4 Å². The Kier molecular flexibility index (Phi) is 5.90. The normalized spacial score (nSPS) is 18.7. The molecule has 3 rings (SSSR count). The summed E-state index contributed by atoms with van der Waals surface area (Å²) in [4.78, 5) is 26.8. The quantitative estimate of drug-likeness (QED) is 0.358. The summed E-state index contributed by atoms with van der Waals surface area (Å²) in [6.07, 6.45) is 0.534. The third kappa shape index (κ3) is 3.82. The number of aliphatic hydroxyl groups excluding tert-OH is 1. The topological polar surface area (TPSA) is 66.8 Å². The van der Waals surface area contributed by atoms with Gasteiger partial charge in [0.15, 0.2) is 0 Å². The zero-order valence-electron chi connectivity index (χ0n) is 15.8. The lowest BCUT2D eigenvalue weighted by atomic mass is 9.95. The van der Waals surface area contributed by atoms with Crippen LogP contribution in [0.3, 0.4) is 0 Å². The van der Waals surface area contributed by atoms with Crippen molar-refractivity contribution in [1.29, 1.82) is 0 Å². The highest BCUT2D eigenvalue weighted by atomic mass is 19.1. The first-order valence-electron chi connectivity index (χ1n) is 9.04. The molecule has 2 aromatic rings. The van der Waals surface area contributed by atoms with Gasteiger partial charge >= 0.3 is 0 Å². The van der Waals surface area contributed by atoms with Gasteiger partial charge in [-0.1, -0.05) is 42.0 Å². The van der Waals surface area contributed by atoms with Crippen molar-refractivity contribution in [2.75, 3.05) is 20.3 Å². The molecule has 146 valence electrons. The average molecular weight is 383 g/mol. The second-order valence-electron chi connectivity index (χ2n) is 6.76. The number of ketones is 1. The first-order chi connectivity index (χ1) is 13.4. The monoisotopic (exact) mass is 383 g/mol. The molecule has 0 bridgehead atoms. The van der Waals surface area contributed by atoms with Crippen molar-refractivity contribution in [3.8, 4) is 0 Å². The molecular formula is C22H22FNO4. The van der Waals surface area contributed by atoms with Crippen LogP contribution in [0.15, 0.2) is 54.1 Å². The summed E-state index contributed by atoms with van der Waals surface area (Å²) in [6, 6.07) is 11.9. The number of Topliss-reactive ketones (excluding diaryl/α,β-unsaturated/α-hetero) is 1. The summed E-state index contributed by atoms with van der Waals surface area (Å²) in [5, 5.41) is 10.9. The predicted octanol–water partition coefficient (Wildman–Crippen LogP) is 3.59. The largest absolute Gasteiger partial charge is 0.507 e. The van der Waals surface area contributed by atoms with Crippen LogP contribution in [0.5, 0.6) is 0 Å². The average Bonchev–Trinajstić information content (AvgIpc) is 2.94. The van der Waals surface area contributed by atoms with Crippen LogP contribution in [-0.2, 0) is 14.3 Å². The predicted molar refractivity (Wildman–Crippen MR) is 103 cm³/mol. The zero-order valence-corrected chi connectivity index (χ0v) is 15.8. The Morgan fingerprint density at radius 2 is 1.75 bits per heavy atom. The summed E-state index contributed by atoms with van der Waals surface area (Å²) in [5.74, 6) is -2.08. The van der Waals surface area contributed by atoms with Gasteiger partial charge in [0.05, 0.1) is 11.6 Å². The van der Waals surface area contributed by atoms with E-state index in [-0.39, 0.29) is 17.9 Å². The molecule has 1 heterocycles. The van der Waals surface area contributed by atoms with Crippen LogP contribution in [0, 0.1) is 12.7 Å². The molecule has 5 nitrogen and oxygen atoms in total. The zero-order chi connectivity index (χ0) is 20.3. The van der Waals surface area contributed by atoms with E-state index in [9.17, 15) is 19.1 Å². The maximum absolute atomic E-state index is 13.4. The van der Waals surface area contributed by atoms with Crippen LogP contribution in [-0.4, -0.2) is 42.0 Å². The summed E-state index contributed by atoms with van der Waals surface area (Å²) in [7, 11) is 1.56. The van der Waals surface area contributed by atoms with E-state index in [1.807, 2.05) is 19.1 Å². The fraction of sp³-hybridized carbons (Fsp3) is 0.273. The molecule has 0 aromatic heterocycles. The number of halogens is 1. The molecule has 1 saturated heterocycles. The van der Waals surface area contributed by atoms with Crippen molar-refractivity contribution in [3.63, 3.8) is 0 Å². The molecule has 6 heteroatoms. The van der Waals surface area contributed by atoms with E-state index >= 15 is 0 Å². The molecule has 1 N–H and O–H groups in total. The number of amides is 1. The SMILES string of the molecule is COCCCN1C(=O)C(=O)C(=C(O)c2ccc(C)cc2)[C@H]1c1ccc(F)cc1. The smallest absolute Gasteiger partial charge is 0.295 e. The first-order valence-corrected chi connectivity index (χ1v) is 9.04. The van der Waals surface area contributed by atoms with Crippen molar-refractivity contribution in [2.24, 2.45) is 0 Å². The van der Waals surface area contributed by atoms with E-state index in [4.69, 9.17) is 4.74 Å². The number of likely N-dealkylation sites (tertiary alicyclic amines) is 1. The lowest BCUT2D eigenvalue weighted by Gasteiger charge is -2.25. The third-order valence-corrected chi connectivity index (χ3v) is 4.80. The Morgan fingerprint density at radius 1 is 1.11 bits per heavy atom. The maximum Gasteiger partial charge on any atom is 0.295 e. The van der Waals surface area contributed by atoms with E-state index in [0.29, 0.717) is 24.2 Å². The number of nitrogens with zero attached hydrogens (tertiary/aromatic N) is 1. The van der Waals surface area contributed by atoms with Crippen molar-refractivity contribution < 1.29 is 23.8 Å². The molecular weight excluding hydrogens is 361 g/mol. The van der Waals surface area contributed by atoms with Crippen LogP contribution >= 0.6 is 0 Å². The number of aryl methyl sites for hydroxylation is 1. The Labute approximate surface area is 163 Å². The van der Waals surface area contributed by atoms with Crippen molar-refractivity contribution in [1.82, 2.24) is 4.90 Å². The number of hydrogen-bond acceptors (Lipinski definition) is 4. The minimum Gasteiger partial charge on any atom is -0.507 e. The van der Waals surface area contributed by atoms with E-state index in [2.05, 4.69) is 0 Å². The molecule has 1 aliphatic heterocycles. The lowest BCUT2D eigenvalue weighted by molar-refractivity contribution is -0.140. The van der Waals surface area contributed by atoms with Crippen LogP contribution in [0.4, 0.5) is 4.39 Å². The Morgan fingerprint density at radius 3 is 2.36 bits per heavy atom. The summed E-state index contributed by atoms with van der Waals surface area (Å²) >= 11 is 0. The van der Waals surface area contributed by atoms with Gasteiger partial charge in [-0.2, -0.15) is 0 Å². The third-order valence-electron chi connectivity index (χ3n) is 4.80. The van der Waals surface area contributed by atoms with Gasteiger partial charge < -0.3 is 14.7 Å². The highest BCUT2D eigenvalue weighted by Gasteiger charge is 2.45. The van der Waals surface area contributed by atoms with Crippen molar-refractivity contribution in [3.05, 3.63) is 76.6 Å². The number of carbonyl (C=O) groups excluding carboxylic acids is 2. The van der Waals surface area contributed by atoms with Crippen LogP contribution in [0.1, 0.15) is 29.2 Å². The highest BCUT2D eigenvalue weighted by molar-refractivity contribution is 6.46. The van der Waals surface area contributed by atoms with Gasteiger partial charge in [0.2, 0.25) is 0 Å². The summed E-state index contributed by atoms with van der Waals surface area (Å²) in [5.41, 5.74) is 2.03. The molecule has 0 saturated carbocycles. The number of methoxy groups -OCH3 is 1. The maximum atomic E-state index is 13.4. The Hall–Kier alpha value is -2.99. The number of carbonyl (C=O) groups is 2. The molecule has 0 spiro atoms. The molecule has 1 fully saturated rings. The van der Waals surface area contributed by atoms with Crippen LogP contribution in [0.25, 0.3) is 5.76 Å². The van der Waals surface area contributed by atoms with Crippen molar-refractivity contribution in [2.45, 2.75) is 19.4 Å². The minimum absolute atomic E-state index is 0.0119. The van der Waals surface area contributed by atoms with Crippen LogP contribution < -0.4 is 0 Å².